The molecule has 0 radical (unpaired) electrons. The van der Waals surface area contributed by atoms with Crippen molar-refractivity contribution in [1.82, 2.24) is 9.97 Å². The second-order valence-electron chi connectivity index (χ2n) is 5.73. The van der Waals surface area contributed by atoms with Crippen LogP contribution in [-0.2, 0) is 9.53 Å². The maximum atomic E-state index is 12.2. The van der Waals surface area contributed by atoms with Crippen LogP contribution in [0.25, 0.3) is 0 Å². The lowest BCUT2D eigenvalue weighted by Gasteiger charge is -2.26. The third kappa shape index (κ3) is 5.25. The van der Waals surface area contributed by atoms with Gasteiger partial charge in [-0.25, -0.2) is 9.78 Å². The molecule has 0 saturated heterocycles. The molecule has 0 spiro atoms. The molecule has 1 atom stereocenters. The molecule has 1 aromatic heterocycles. The van der Waals surface area contributed by atoms with Crippen molar-refractivity contribution in [2.45, 2.75) is 46.3 Å². The molecular weight excluding hydrogens is 346 g/mol. The summed E-state index contributed by atoms with van der Waals surface area (Å²) in [5.41, 5.74) is -0.538. The van der Waals surface area contributed by atoms with E-state index in [4.69, 9.17) is 16.3 Å². The summed E-state index contributed by atoms with van der Waals surface area (Å²) in [5.74, 6) is -0.0197. The van der Waals surface area contributed by atoms with Gasteiger partial charge < -0.3 is 10.1 Å². The summed E-state index contributed by atoms with van der Waals surface area (Å²) in [4.78, 5) is 20.3. The SMILES string of the molecule is CC(C)[C@@H](Nc1ncc(Br)c(Cl)n1)C(=O)OC(C)(C)C. The van der Waals surface area contributed by atoms with Crippen LogP contribution >= 0.6 is 27.5 Å². The summed E-state index contributed by atoms with van der Waals surface area (Å²) >= 11 is 9.13. The summed E-state index contributed by atoms with van der Waals surface area (Å²) in [6.07, 6.45) is 1.53. The molecule has 1 rings (SSSR count). The van der Waals surface area contributed by atoms with Crippen LogP contribution in [0.15, 0.2) is 10.7 Å². The number of aromatic nitrogens is 2. The molecule has 1 aromatic rings. The molecule has 112 valence electrons. The number of halogens is 2. The molecule has 0 bridgehead atoms. The fraction of sp³-hybridized carbons (Fsp3) is 0.615. The second-order valence-corrected chi connectivity index (χ2v) is 6.94. The Hall–Kier alpha value is -0.880. The van der Waals surface area contributed by atoms with Crippen molar-refractivity contribution in [1.29, 1.82) is 0 Å². The van der Waals surface area contributed by atoms with Crippen molar-refractivity contribution in [3.05, 3.63) is 15.8 Å². The lowest BCUT2D eigenvalue weighted by Crippen LogP contribution is -2.40. The van der Waals surface area contributed by atoms with Crippen LogP contribution in [0.5, 0.6) is 0 Å². The highest BCUT2D eigenvalue weighted by molar-refractivity contribution is 9.10. The maximum absolute atomic E-state index is 12.2. The van der Waals surface area contributed by atoms with Crippen LogP contribution in [-0.4, -0.2) is 27.6 Å². The predicted octanol–water partition coefficient (Wildman–Crippen LogP) is 3.67. The van der Waals surface area contributed by atoms with Gasteiger partial charge in [-0.2, -0.15) is 4.98 Å². The van der Waals surface area contributed by atoms with E-state index in [1.54, 1.807) is 0 Å². The molecule has 0 saturated carbocycles. The minimum atomic E-state index is -0.538. The van der Waals surface area contributed by atoms with Gasteiger partial charge in [0.2, 0.25) is 5.95 Å². The topological polar surface area (TPSA) is 64.1 Å². The van der Waals surface area contributed by atoms with Crippen LogP contribution in [0.2, 0.25) is 5.15 Å². The zero-order valence-electron chi connectivity index (χ0n) is 12.2. The van der Waals surface area contributed by atoms with E-state index in [9.17, 15) is 4.79 Å². The summed E-state index contributed by atoms with van der Waals surface area (Å²) in [7, 11) is 0. The number of rotatable bonds is 4. The molecule has 0 aliphatic carbocycles. The van der Waals surface area contributed by atoms with Crippen molar-refractivity contribution >= 4 is 39.4 Å². The van der Waals surface area contributed by atoms with Crippen LogP contribution in [0.3, 0.4) is 0 Å². The van der Waals surface area contributed by atoms with Gasteiger partial charge in [0.15, 0.2) is 0 Å². The number of hydrogen-bond donors (Lipinski definition) is 1. The number of carbonyl (C=O) groups is 1. The number of carbonyl (C=O) groups excluding carboxylic acids is 1. The summed E-state index contributed by atoms with van der Waals surface area (Å²) in [6.45, 7) is 9.32. The Balaban J connectivity index is 2.87. The summed E-state index contributed by atoms with van der Waals surface area (Å²) in [6, 6.07) is -0.536. The van der Waals surface area contributed by atoms with Gasteiger partial charge in [-0.3, -0.25) is 0 Å². The van der Waals surface area contributed by atoms with E-state index in [1.807, 2.05) is 34.6 Å². The van der Waals surface area contributed by atoms with Crippen molar-refractivity contribution in [2.75, 3.05) is 5.32 Å². The zero-order chi connectivity index (χ0) is 15.5. The highest BCUT2D eigenvalue weighted by atomic mass is 79.9. The highest BCUT2D eigenvalue weighted by Crippen LogP contribution is 2.21. The number of ether oxygens (including phenoxy) is 1. The smallest absolute Gasteiger partial charge is 0.329 e. The van der Waals surface area contributed by atoms with Gasteiger partial charge in [0.25, 0.3) is 0 Å². The van der Waals surface area contributed by atoms with Gasteiger partial charge in [-0.1, -0.05) is 25.4 Å². The standard InChI is InChI=1S/C13H19BrClN3O2/c1-7(2)9(11(19)20-13(3,4)5)17-12-16-6-8(14)10(15)18-12/h6-7,9H,1-5H3,(H,16,17,18)/t9-/m1/s1. The van der Waals surface area contributed by atoms with E-state index in [2.05, 4.69) is 31.2 Å². The van der Waals surface area contributed by atoms with E-state index in [1.165, 1.54) is 6.20 Å². The molecule has 0 fully saturated rings. The molecule has 0 amide bonds. The van der Waals surface area contributed by atoms with Crippen LogP contribution in [0.1, 0.15) is 34.6 Å². The number of hydrogen-bond acceptors (Lipinski definition) is 5. The Kier molecular flexibility index (Phi) is 5.77. The Morgan fingerprint density at radius 1 is 1.45 bits per heavy atom. The average molecular weight is 365 g/mol. The van der Waals surface area contributed by atoms with Gasteiger partial charge in [0.05, 0.1) is 4.47 Å². The Morgan fingerprint density at radius 2 is 2.05 bits per heavy atom. The normalized spacial score (nSPS) is 13.2. The van der Waals surface area contributed by atoms with Crippen molar-refractivity contribution in [3.8, 4) is 0 Å². The van der Waals surface area contributed by atoms with Crippen molar-refractivity contribution in [2.24, 2.45) is 5.92 Å². The zero-order valence-corrected chi connectivity index (χ0v) is 14.5. The number of esters is 1. The Bertz CT molecular complexity index is 489. The molecule has 20 heavy (non-hydrogen) atoms. The van der Waals surface area contributed by atoms with Gasteiger partial charge in [0.1, 0.15) is 16.8 Å². The fourth-order valence-corrected chi connectivity index (χ4v) is 1.74. The van der Waals surface area contributed by atoms with Crippen LogP contribution in [0.4, 0.5) is 5.95 Å². The van der Waals surface area contributed by atoms with E-state index in [0.29, 0.717) is 10.4 Å². The molecule has 1 N–H and O–H groups in total. The first-order chi connectivity index (χ1) is 9.10. The predicted molar refractivity (Wildman–Crippen MR) is 82.8 cm³/mol. The van der Waals surface area contributed by atoms with Crippen molar-refractivity contribution in [3.63, 3.8) is 0 Å². The molecule has 7 heteroatoms. The first kappa shape index (κ1) is 17.2. The Labute approximate surface area is 132 Å². The third-order valence-corrected chi connectivity index (χ3v) is 3.41. The van der Waals surface area contributed by atoms with E-state index >= 15 is 0 Å². The summed E-state index contributed by atoms with van der Waals surface area (Å²) < 4.78 is 5.99. The lowest BCUT2D eigenvalue weighted by molar-refractivity contribution is -0.156. The molecule has 0 unspecified atom stereocenters. The average Bonchev–Trinajstić information content (AvgIpc) is 2.27. The largest absolute Gasteiger partial charge is 0.458 e. The van der Waals surface area contributed by atoms with Crippen LogP contribution in [0, 0.1) is 5.92 Å². The molecule has 0 aliphatic rings. The monoisotopic (exact) mass is 363 g/mol. The minimum Gasteiger partial charge on any atom is -0.458 e. The first-order valence-electron chi connectivity index (χ1n) is 6.27. The minimum absolute atomic E-state index is 0.0240. The Morgan fingerprint density at radius 3 is 2.50 bits per heavy atom. The fourth-order valence-electron chi connectivity index (χ4n) is 1.42. The van der Waals surface area contributed by atoms with Gasteiger partial charge in [-0.15, -0.1) is 0 Å². The van der Waals surface area contributed by atoms with Crippen molar-refractivity contribution < 1.29 is 9.53 Å². The number of nitrogens with zero attached hydrogens (tertiary/aromatic N) is 2. The van der Waals surface area contributed by atoms with Gasteiger partial charge in [-0.05, 0) is 42.6 Å². The number of anilines is 1. The molecular formula is C13H19BrClN3O2. The molecule has 0 aromatic carbocycles. The second kappa shape index (κ2) is 6.72. The van der Waals surface area contributed by atoms with E-state index < -0.39 is 11.6 Å². The number of nitrogens with one attached hydrogen (secondary N) is 1. The van der Waals surface area contributed by atoms with Crippen LogP contribution < -0.4 is 5.32 Å². The third-order valence-electron chi connectivity index (χ3n) is 2.31. The first-order valence-corrected chi connectivity index (χ1v) is 7.44. The molecule has 5 nitrogen and oxygen atoms in total. The summed E-state index contributed by atoms with van der Waals surface area (Å²) in [5, 5.41) is 3.25. The lowest BCUT2D eigenvalue weighted by atomic mass is 10.0. The van der Waals surface area contributed by atoms with E-state index in [0.717, 1.165) is 0 Å². The van der Waals surface area contributed by atoms with E-state index in [-0.39, 0.29) is 17.0 Å². The van der Waals surface area contributed by atoms with Gasteiger partial charge in [0, 0.05) is 6.20 Å². The molecule has 0 aliphatic heterocycles. The highest BCUT2D eigenvalue weighted by Gasteiger charge is 2.28. The maximum Gasteiger partial charge on any atom is 0.329 e. The molecule has 1 heterocycles. The van der Waals surface area contributed by atoms with Gasteiger partial charge >= 0.3 is 5.97 Å². The quantitative estimate of drug-likeness (QED) is 0.652.